The molecule has 0 aliphatic heterocycles. The van der Waals surface area contributed by atoms with E-state index in [2.05, 4.69) is 6.07 Å². The van der Waals surface area contributed by atoms with Crippen molar-refractivity contribution in [1.82, 2.24) is 0 Å². The van der Waals surface area contributed by atoms with E-state index in [1.165, 1.54) is 5.56 Å². The average molecular weight is 285 g/mol. The molecule has 1 aromatic rings. The summed E-state index contributed by atoms with van der Waals surface area (Å²) < 4.78 is 0. The second-order valence-corrected chi connectivity index (χ2v) is 4.52. The second-order valence-electron chi connectivity index (χ2n) is 4.52. The van der Waals surface area contributed by atoms with E-state index in [0.717, 1.165) is 37.7 Å². The zero-order valence-electron chi connectivity index (χ0n) is 12.5. The van der Waals surface area contributed by atoms with E-state index in [1.807, 2.05) is 32.0 Å². The molecule has 1 aliphatic carbocycles. The summed E-state index contributed by atoms with van der Waals surface area (Å²) in [5.41, 5.74) is 9.23. The summed E-state index contributed by atoms with van der Waals surface area (Å²) in [5, 5.41) is 0. The molecule has 1 N–H and O–H groups in total. The van der Waals surface area contributed by atoms with E-state index < -0.39 is 0 Å². The first-order valence-electron chi connectivity index (χ1n) is 7.09. The Hall–Kier alpha value is 0.486. The molecule has 1 aliphatic rings. The summed E-state index contributed by atoms with van der Waals surface area (Å²) in [4.78, 5) is 12.0. The number of carbonyl (C=O) groups is 1. The summed E-state index contributed by atoms with van der Waals surface area (Å²) in [6, 6.07) is 7.96. The molecule has 19 heavy (non-hydrogen) atoms. The number of rotatable bonds is 5. The van der Waals surface area contributed by atoms with Crippen molar-refractivity contribution < 1.29 is 56.2 Å². The van der Waals surface area contributed by atoms with Crippen molar-refractivity contribution in [3.05, 3.63) is 41.1 Å². The Bertz CT molecular complexity index is 379. The third kappa shape index (κ3) is 5.78. The van der Waals surface area contributed by atoms with Gasteiger partial charge in [0.15, 0.2) is 5.78 Å². The van der Waals surface area contributed by atoms with Gasteiger partial charge in [-0.25, -0.2) is 0 Å². The Kier molecular flexibility index (Phi) is 11.5. The minimum Gasteiger partial charge on any atom is -0.677 e. The molecule has 2 rings (SSSR count). The smallest absolute Gasteiger partial charge is 0.677 e. The molecule has 1 atom stereocenters. The van der Waals surface area contributed by atoms with Gasteiger partial charge in [0.1, 0.15) is 0 Å². The number of benzene rings is 1. The Balaban J connectivity index is 0.00000103. The van der Waals surface area contributed by atoms with Gasteiger partial charge in [-0.2, -0.15) is 6.54 Å². The zero-order valence-corrected chi connectivity index (χ0v) is 15.7. The third-order valence-electron chi connectivity index (χ3n) is 3.35. The molecule has 0 saturated heterocycles. The predicted octanol–water partition coefficient (Wildman–Crippen LogP) is 1.68. The molecular weight excluding hydrogens is 261 g/mol. The quantitative estimate of drug-likeness (QED) is 0.599. The Labute approximate surface area is 160 Å². The van der Waals surface area contributed by atoms with Crippen molar-refractivity contribution in [3.8, 4) is 0 Å². The molecule has 0 aromatic heterocycles. The topological polar surface area (TPSA) is 40.9 Å². The third-order valence-corrected chi connectivity index (χ3v) is 3.35. The largest absolute Gasteiger partial charge is 1.00 e. The van der Waals surface area contributed by atoms with Crippen molar-refractivity contribution in [2.24, 2.45) is 5.92 Å². The van der Waals surface area contributed by atoms with Crippen LogP contribution >= 0.6 is 0 Å². The van der Waals surface area contributed by atoms with Crippen molar-refractivity contribution in [1.29, 1.82) is 0 Å². The first-order chi connectivity index (χ1) is 8.83. The minimum absolute atomic E-state index is 0. The fraction of sp³-hybridized carbons (Fsp3) is 0.562. The van der Waals surface area contributed by atoms with Gasteiger partial charge in [0.25, 0.3) is 0 Å². The van der Waals surface area contributed by atoms with Crippen LogP contribution in [0.1, 0.15) is 55.5 Å². The summed E-state index contributed by atoms with van der Waals surface area (Å²) in [6.07, 6.45) is 5.06. The standard InChI is InChI=1S/C14H18NO.C2H6.K/c15-9-5-1-2-7-12-10-11-6-3-4-8-13(11)14(12)16;1-2;/h3-4,6,8,12,15H,1-2,5,7,9-10H2;1-2H3;/q-1;;+1. The second kappa shape index (κ2) is 11.2. The van der Waals surface area contributed by atoms with Crippen molar-refractivity contribution >= 4 is 5.78 Å². The number of ketones is 1. The van der Waals surface area contributed by atoms with Gasteiger partial charge < -0.3 is 5.73 Å². The molecule has 3 heteroatoms. The van der Waals surface area contributed by atoms with Crippen LogP contribution in [0.15, 0.2) is 24.3 Å². The number of hydrogen-bond donors (Lipinski definition) is 0. The average Bonchev–Trinajstić information content (AvgIpc) is 2.75. The summed E-state index contributed by atoms with van der Waals surface area (Å²) in [6.45, 7) is 4.51. The number of nitrogens with one attached hydrogen (secondary N) is 1. The van der Waals surface area contributed by atoms with E-state index in [0.29, 0.717) is 12.3 Å². The molecule has 0 amide bonds. The molecule has 0 fully saturated rings. The summed E-state index contributed by atoms with van der Waals surface area (Å²) >= 11 is 0. The van der Waals surface area contributed by atoms with Crippen LogP contribution in [0.3, 0.4) is 0 Å². The Morgan fingerprint density at radius 1 is 1.16 bits per heavy atom. The van der Waals surface area contributed by atoms with E-state index >= 15 is 0 Å². The van der Waals surface area contributed by atoms with Gasteiger partial charge in [-0.3, -0.25) is 4.79 Å². The van der Waals surface area contributed by atoms with Crippen LogP contribution in [0, 0.1) is 5.92 Å². The number of fused-ring (bicyclic) bond motifs is 1. The number of Topliss-reactive ketones (excluding diaryl/α,β-unsaturated/α-hetero) is 1. The van der Waals surface area contributed by atoms with E-state index in [1.54, 1.807) is 0 Å². The maximum absolute atomic E-state index is 12.0. The van der Waals surface area contributed by atoms with Crippen LogP contribution in [-0.4, -0.2) is 12.3 Å². The van der Waals surface area contributed by atoms with Crippen molar-refractivity contribution in [2.75, 3.05) is 6.54 Å². The van der Waals surface area contributed by atoms with Crippen molar-refractivity contribution in [3.63, 3.8) is 0 Å². The van der Waals surface area contributed by atoms with E-state index in [9.17, 15) is 4.79 Å². The first-order valence-corrected chi connectivity index (χ1v) is 7.09. The molecule has 0 bridgehead atoms. The zero-order chi connectivity index (χ0) is 13.4. The van der Waals surface area contributed by atoms with Crippen LogP contribution in [0.25, 0.3) is 5.73 Å². The Morgan fingerprint density at radius 2 is 1.84 bits per heavy atom. The van der Waals surface area contributed by atoms with Crippen LogP contribution in [0.4, 0.5) is 0 Å². The van der Waals surface area contributed by atoms with Crippen LogP contribution in [0.5, 0.6) is 0 Å². The summed E-state index contributed by atoms with van der Waals surface area (Å²) in [7, 11) is 0. The maximum atomic E-state index is 12.0. The molecular formula is C16H24KNO. The normalized spacial score (nSPS) is 16.2. The molecule has 0 spiro atoms. The predicted molar refractivity (Wildman–Crippen MR) is 77.0 cm³/mol. The van der Waals surface area contributed by atoms with Gasteiger partial charge in [-0.05, 0) is 18.4 Å². The molecule has 1 unspecified atom stereocenters. The van der Waals surface area contributed by atoms with E-state index in [-0.39, 0.29) is 57.3 Å². The first kappa shape index (κ1) is 19.5. The minimum atomic E-state index is 0. The SMILES string of the molecule is CC.[K+].[NH-]CCCCCC1Cc2ccccc2C1=O. The van der Waals surface area contributed by atoms with Crippen LogP contribution in [0.2, 0.25) is 0 Å². The van der Waals surface area contributed by atoms with Gasteiger partial charge in [0, 0.05) is 11.5 Å². The van der Waals surface area contributed by atoms with Gasteiger partial charge in [0.05, 0.1) is 0 Å². The fourth-order valence-electron chi connectivity index (χ4n) is 2.44. The maximum Gasteiger partial charge on any atom is 1.00 e. The number of hydrogen-bond acceptors (Lipinski definition) is 1. The Morgan fingerprint density at radius 3 is 2.47 bits per heavy atom. The molecule has 100 valence electrons. The van der Waals surface area contributed by atoms with Gasteiger partial charge in [-0.1, -0.05) is 57.4 Å². The fourth-order valence-corrected chi connectivity index (χ4v) is 2.44. The van der Waals surface area contributed by atoms with Gasteiger partial charge >= 0.3 is 51.4 Å². The van der Waals surface area contributed by atoms with Gasteiger partial charge in [0.2, 0.25) is 0 Å². The summed E-state index contributed by atoms with van der Waals surface area (Å²) in [5.74, 6) is 0.546. The van der Waals surface area contributed by atoms with Crippen LogP contribution in [-0.2, 0) is 6.42 Å². The monoisotopic (exact) mass is 285 g/mol. The molecule has 0 saturated carbocycles. The molecule has 1 aromatic carbocycles. The molecule has 2 nitrogen and oxygen atoms in total. The van der Waals surface area contributed by atoms with Crippen LogP contribution < -0.4 is 51.4 Å². The molecule has 0 radical (unpaired) electrons. The van der Waals surface area contributed by atoms with E-state index in [4.69, 9.17) is 5.73 Å². The van der Waals surface area contributed by atoms with Gasteiger partial charge in [-0.15, -0.1) is 0 Å². The molecule has 0 heterocycles. The van der Waals surface area contributed by atoms with Crippen molar-refractivity contribution in [2.45, 2.75) is 46.0 Å². The number of unbranched alkanes of at least 4 members (excludes halogenated alkanes) is 2. The number of carbonyl (C=O) groups excluding carboxylic acids is 1.